The molecule has 5 aromatic rings. The van der Waals surface area contributed by atoms with E-state index in [0.29, 0.717) is 79.3 Å². The first-order valence-corrected chi connectivity index (χ1v) is 21.4. The summed E-state index contributed by atoms with van der Waals surface area (Å²) in [5.41, 5.74) is 10.9. The van der Waals surface area contributed by atoms with Crippen LogP contribution in [-0.4, -0.2) is 116 Å². The Hall–Kier alpha value is -3.90. The molecule has 0 saturated heterocycles. The molecule has 0 aliphatic carbocycles. The summed E-state index contributed by atoms with van der Waals surface area (Å²) in [6, 6.07) is 27.4. The second kappa shape index (κ2) is 23.8. The average Bonchev–Trinajstić information content (AvgIpc) is 3.24. The lowest BCUT2D eigenvalue weighted by atomic mass is 9.83. The van der Waals surface area contributed by atoms with E-state index < -0.39 is 0 Å². The second-order valence-electron chi connectivity index (χ2n) is 15.3. The summed E-state index contributed by atoms with van der Waals surface area (Å²) in [4.78, 5) is 0. The number of quaternary nitrogens is 1. The fourth-order valence-electron chi connectivity index (χ4n) is 7.83. The van der Waals surface area contributed by atoms with E-state index in [1.54, 1.807) is 7.11 Å². The average molecular weight is 811 g/mol. The van der Waals surface area contributed by atoms with E-state index in [4.69, 9.17) is 38.3 Å². The first kappa shape index (κ1) is 46.2. The molecule has 1 N–H and O–H groups in total. The van der Waals surface area contributed by atoms with Gasteiger partial charge in [-0.3, -0.25) is 0 Å². The first-order chi connectivity index (χ1) is 28.8. The van der Waals surface area contributed by atoms with Crippen molar-refractivity contribution in [3.05, 3.63) is 101 Å². The maximum atomic E-state index is 8.93. The summed E-state index contributed by atoms with van der Waals surface area (Å²) in [5, 5.41) is 13.9. The molecule has 0 atom stereocenters. The van der Waals surface area contributed by atoms with E-state index in [2.05, 4.69) is 114 Å². The van der Waals surface area contributed by atoms with Gasteiger partial charge in [0, 0.05) is 12.7 Å². The summed E-state index contributed by atoms with van der Waals surface area (Å²) in [7, 11) is 1.67. The van der Waals surface area contributed by atoms with Crippen LogP contribution in [0.2, 0.25) is 0 Å². The quantitative estimate of drug-likeness (QED) is 0.0320. The van der Waals surface area contributed by atoms with Gasteiger partial charge in [-0.05, 0) is 115 Å². The number of aliphatic hydroxyl groups excluding tert-OH is 1. The van der Waals surface area contributed by atoms with Crippen LogP contribution in [0.5, 0.6) is 5.75 Å². The van der Waals surface area contributed by atoms with E-state index in [-0.39, 0.29) is 6.61 Å². The van der Waals surface area contributed by atoms with Crippen LogP contribution in [-0.2, 0) is 41.6 Å². The lowest BCUT2D eigenvalue weighted by molar-refractivity contribution is -0.936. The molecule has 0 aliphatic rings. The first-order valence-electron chi connectivity index (χ1n) is 21.4. The molecule has 0 aliphatic heterocycles. The molecule has 0 fully saturated rings. The third-order valence-electron chi connectivity index (χ3n) is 11.4. The highest BCUT2D eigenvalue weighted by molar-refractivity contribution is 6.21. The van der Waals surface area contributed by atoms with Crippen LogP contribution in [0.3, 0.4) is 0 Å². The number of hydrogen-bond donors (Lipinski definition) is 1. The van der Waals surface area contributed by atoms with E-state index in [9.17, 15) is 0 Å². The van der Waals surface area contributed by atoms with Gasteiger partial charge in [-0.2, -0.15) is 0 Å². The molecule has 0 saturated carbocycles. The van der Waals surface area contributed by atoms with Crippen molar-refractivity contribution in [3.63, 3.8) is 0 Å². The summed E-state index contributed by atoms with van der Waals surface area (Å²) < 4.78 is 40.8. The lowest BCUT2D eigenvalue weighted by Crippen LogP contribution is -2.46. The molecule has 9 heteroatoms. The van der Waals surface area contributed by atoms with Crippen LogP contribution in [0.1, 0.15) is 48.6 Å². The minimum atomic E-state index is 0.0171. The van der Waals surface area contributed by atoms with Crippen LogP contribution < -0.4 is 4.74 Å². The Balaban J connectivity index is 1.53. The van der Waals surface area contributed by atoms with Gasteiger partial charge in [0.1, 0.15) is 18.9 Å². The minimum absolute atomic E-state index is 0.0171. The number of fused-ring (bicyclic) bond motifs is 3. The Kier molecular flexibility index (Phi) is 18.6. The number of aryl methyl sites for hydroxylation is 3. The molecule has 0 bridgehead atoms. The van der Waals surface area contributed by atoms with Crippen LogP contribution in [0, 0.1) is 20.8 Å². The summed E-state index contributed by atoms with van der Waals surface area (Å²) >= 11 is 0. The predicted molar refractivity (Wildman–Crippen MR) is 240 cm³/mol. The van der Waals surface area contributed by atoms with Crippen molar-refractivity contribution < 1.29 is 42.7 Å². The zero-order chi connectivity index (χ0) is 42.0. The van der Waals surface area contributed by atoms with E-state index in [1.165, 1.54) is 60.5 Å². The Labute approximate surface area is 352 Å². The zero-order valence-electron chi connectivity index (χ0n) is 36.7. The Morgan fingerprint density at radius 1 is 0.492 bits per heavy atom. The monoisotopic (exact) mass is 810 g/mol. The number of benzene rings is 5. The zero-order valence-corrected chi connectivity index (χ0v) is 36.7. The molecule has 9 nitrogen and oxygen atoms in total. The van der Waals surface area contributed by atoms with E-state index >= 15 is 0 Å². The molecule has 5 aromatic carbocycles. The fraction of sp³-hybridized carbons (Fsp3) is 0.480. The highest BCUT2D eigenvalue weighted by atomic mass is 16.6. The SMILES string of the molecule is CC[N+](CC)(CC)Cc1cc(-c2c(-c3ccc(OCCOCCOCCOC)c(C)c3)c3cc(C)ccc3c3ccc(C)cc23)ccc1COCCOCCOCCO. The van der Waals surface area contributed by atoms with Crippen LogP contribution >= 0.6 is 0 Å². The van der Waals surface area contributed by atoms with Gasteiger partial charge in [0.15, 0.2) is 0 Å². The van der Waals surface area contributed by atoms with Gasteiger partial charge in [-0.25, -0.2) is 0 Å². The number of nitrogens with zero attached hydrogens (tertiary/aromatic N) is 1. The van der Waals surface area contributed by atoms with Crippen molar-refractivity contribution in [3.8, 4) is 28.0 Å². The van der Waals surface area contributed by atoms with Gasteiger partial charge in [-0.1, -0.05) is 65.7 Å². The summed E-state index contributed by atoms with van der Waals surface area (Å²) in [6.45, 7) is 23.4. The van der Waals surface area contributed by atoms with Gasteiger partial charge < -0.3 is 42.7 Å². The maximum Gasteiger partial charge on any atom is 0.122 e. The number of hydrogen-bond acceptors (Lipinski definition) is 8. The molecule has 0 radical (unpaired) electrons. The van der Waals surface area contributed by atoms with Crippen molar-refractivity contribution >= 4 is 21.5 Å². The molecule has 59 heavy (non-hydrogen) atoms. The molecule has 5 rings (SSSR count). The van der Waals surface area contributed by atoms with Crippen molar-refractivity contribution in [1.29, 1.82) is 0 Å². The predicted octanol–water partition coefficient (Wildman–Crippen LogP) is 9.23. The molecular weight excluding hydrogens is 743 g/mol. The van der Waals surface area contributed by atoms with Gasteiger partial charge in [-0.15, -0.1) is 0 Å². The van der Waals surface area contributed by atoms with Crippen molar-refractivity contribution in [2.24, 2.45) is 0 Å². The van der Waals surface area contributed by atoms with Crippen molar-refractivity contribution in [1.82, 2.24) is 0 Å². The molecule has 0 amide bonds. The second-order valence-corrected chi connectivity index (χ2v) is 15.3. The number of aliphatic hydroxyl groups is 1. The molecule has 0 heterocycles. The minimum Gasteiger partial charge on any atom is -0.491 e. The fourth-order valence-corrected chi connectivity index (χ4v) is 7.83. The molecule has 0 aromatic heterocycles. The summed E-state index contributed by atoms with van der Waals surface area (Å²) in [5.74, 6) is 0.854. The largest absolute Gasteiger partial charge is 0.491 e. The van der Waals surface area contributed by atoms with Crippen LogP contribution in [0.15, 0.2) is 72.8 Å². The smallest absolute Gasteiger partial charge is 0.122 e. The van der Waals surface area contributed by atoms with Gasteiger partial charge >= 0.3 is 0 Å². The molecular formula is C50H68NO8+. The standard InChI is InChI=1S/C50H68NO8/c1-8-51(9-2,10-3)35-43-34-41(13-14-42(43)36-58-28-27-56-24-23-54-20-19-52)50-47-32-38(5)12-17-45(47)44-16-11-37(4)31-46(44)49(50)40-15-18-48(39(6)33-40)59-30-29-57-26-25-55-22-21-53-7/h11-18,31-34,52H,8-10,19-30,35-36H2,1-7H3/q+1. The van der Waals surface area contributed by atoms with E-state index in [1.807, 2.05) is 0 Å². The molecule has 0 unspecified atom stereocenters. The Morgan fingerprint density at radius 2 is 1.00 bits per heavy atom. The van der Waals surface area contributed by atoms with Crippen LogP contribution in [0.4, 0.5) is 0 Å². The van der Waals surface area contributed by atoms with Gasteiger partial charge in [0.2, 0.25) is 0 Å². The Bertz CT molecular complexity index is 2050. The van der Waals surface area contributed by atoms with E-state index in [0.717, 1.165) is 47.5 Å². The van der Waals surface area contributed by atoms with Gasteiger partial charge in [0.25, 0.3) is 0 Å². The maximum absolute atomic E-state index is 8.93. The van der Waals surface area contributed by atoms with Crippen LogP contribution in [0.25, 0.3) is 43.8 Å². The number of methoxy groups -OCH3 is 1. The Morgan fingerprint density at radius 3 is 1.54 bits per heavy atom. The van der Waals surface area contributed by atoms with Gasteiger partial charge in [0.05, 0.1) is 98.9 Å². The third-order valence-corrected chi connectivity index (χ3v) is 11.4. The molecule has 320 valence electrons. The highest BCUT2D eigenvalue weighted by Gasteiger charge is 2.25. The highest BCUT2D eigenvalue weighted by Crippen LogP contribution is 2.46. The number of ether oxygens (including phenoxy) is 7. The third kappa shape index (κ3) is 12.6. The molecule has 0 spiro atoms. The normalized spacial score (nSPS) is 11.9. The summed E-state index contributed by atoms with van der Waals surface area (Å²) in [6.07, 6.45) is 0. The number of rotatable bonds is 27. The lowest BCUT2D eigenvalue weighted by Gasteiger charge is -2.36. The topological polar surface area (TPSA) is 84.8 Å². The van der Waals surface area contributed by atoms with Crippen molar-refractivity contribution in [2.75, 3.05) is 106 Å². The van der Waals surface area contributed by atoms with Crippen molar-refractivity contribution in [2.45, 2.75) is 54.7 Å².